The van der Waals surface area contributed by atoms with Crippen molar-refractivity contribution in [1.82, 2.24) is 9.88 Å². The number of hydrogen-bond acceptors (Lipinski definition) is 3. The smallest absolute Gasteiger partial charge is 0.0725 e. The molecule has 1 N–H and O–H groups in total. The second-order valence-electron chi connectivity index (χ2n) is 6.53. The van der Waals surface area contributed by atoms with E-state index in [0.717, 1.165) is 18.6 Å². The van der Waals surface area contributed by atoms with E-state index in [2.05, 4.69) is 68.0 Å². The van der Waals surface area contributed by atoms with Gasteiger partial charge in [-0.3, -0.25) is 4.98 Å². The Morgan fingerprint density at radius 2 is 1.83 bits per heavy atom. The Balaban J connectivity index is 2.02. The highest BCUT2D eigenvalue weighted by Gasteiger charge is 2.08. The molecule has 0 spiro atoms. The molecule has 3 heteroatoms. The number of fused-ring (bicyclic) bond motifs is 1. The standard InChI is InChI=1S/C20H31N3/c1-6-23(7-2)12-8-9-17(5)22-19-10-11-21-20-14-16(4)15(3)13-18(19)20/h10-11,13-14,17H,6-9,12H2,1-5H3,(H,21,22). The first-order valence-corrected chi connectivity index (χ1v) is 8.90. The van der Waals surface area contributed by atoms with Crippen molar-refractivity contribution in [3.05, 3.63) is 35.5 Å². The zero-order valence-corrected chi connectivity index (χ0v) is 15.3. The van der Waals surface area contributed by atoms with Gasteiger partial charge >= 0.3 is 0 Å². The molecule has 2 aromatic rings. The van der Waals surface area contributed by atoms with Crippen LogP contribution >= 0.6 is 0 Å². The molecular weight excluding hydrogens is 282 g/mol. The monoisotopic (exact) mass is 313 g/mol. The van der Waals surface area contributed by atoms with Crippen LogP contribution < -0.4 is 5.32 Å². The van der Waals surface area contributed by atoms with E-state index in [1.54, 1.807) is 0 Å². The summed E-state index contributed by atoms with van der Waals surface area (Å²) in [5.74, 6) is 0. The molecule has 0 fully saturated rings. The number of anilines is 1. The molecule has 1 aromatic heterocycles. The van der Waals surface area contributed by atoms with Gasteiger partial charge in [-0.05, 0) is 82.6 Å². The second-order valence-corrected chi connectivity index (χ2v) is 6.53. The number of aromatic nitrogens is 1. The summed E-state index contributed by atoms with van der Waals surface area (Å²) in [6.07, 6.45) is 4.32. The molecule has 0 aliphatic heterocycles. The first-order chi connectivity index (χ1) is 11.0. The summed E-state index contributed by atoms with van der Waals surface area (Å²) in [6.45, 7) is 14.5. The molecule has 0 aliphatic rings. The summed E-state index contributed by atoms with van der Waals surface area (Å²) in [5.41, 5.74) is 4.90. The normalized spacial score (nSPS) is 12.8. The van der Waals surface area contributed by atoms with Gasteiger partial charge in [0.25, 0.3) is 0 Å². The Labute approximate surface area is 141 Å². The van der Waals surface area contributed by atoms with Crippen LogP contribution in [0.15, 0.2) is 24.4 Å². The topological polar surface area (TPSA) is 28.2 Å². The molecule has 0 saturated heterocycles. The largest absolute Gasteiger partial charge is 0.382 e. The summed E-state index contributed by atoms with van der Waals surface area (Å²) in [5, 5.41) is 4.91. The van der Waals surface area contributed by atoms with Crippen molar-refractivity contribution in [3.63, 3.8) is 0 Å². The van der Waals surface area contributed by atoms with Crippen molar-refractivity contribution in [3.8, 4) is 0 Å². The summed E-state index contributed by atoms with van der Waals surface area (Å²) in [7, 11) is 0. The first kappa shape index (κ1) is 17.7. The van der Waals surface area contributed by atoms with Crippen molar-refractivity contribution >= 4 is 16.6 Å². The highest BCUT2D eigenvalue weighted by molar-refractivity contribution is 5.92. The fourth-order valence-corrected chi connectivity index (χ4v) is 3.03. The van der Waals surface area contributed by atoms with Crippen molar-refractivity contribution < 1.29 is 0 Å². The average molecular weight is 313 g/mol. The van der Waals surface area contributed by atoms with E-state index < -0.39 is 0 Å². The highest BCUT2D eigenvalue weighted by atomic mass is 15.1. The summed E-state index contributed by atoms with van der Waals surface area (Å²) in [4.78, 5) is 7.00. The number of hydrogen-bond donors (Lipinski definition) is 1. The van der Waals surface area contributed by atoms with Crippen molar-refractivity contribution in [2.75, 3.05) is 25.0 Å². The zero-order chi connectivity index (χ0) is 16.8. The van der Waals surface area contributed by atoms with Gasteiger partial charge in [0.15, 0.2) is 0 Å². The number of nitrogens with one attached hydrogen (secondary N) is 1. The van der Waals surface area contributed by atoms with Gasteiger partial charge in [0.05, 0.1) is 5.52 Å². The van der Waals surface area contributed by atoms with E-state index >= 15 is 0 Å². The fourth-order valence-electron chi connectivity index (χ4n) is 3.03. The van der Waals surface area contributed by atoms with E-state index in [0.29, 0.717) is 6.04 Å². The molecule has 0 bridgehead atoms. The van der Waals surface area contributed by atoms with Crippen LogP contribution in [-0.4, -0.2) is 35.6 Å². The van der Waals surface area contributed by atoms with Crippen LogP contribution in [-0.2, 0) is 0 Å². The van der Waals surface area contributed by atoms with E-state index in [4.69, 9.17) is 0 Å². The maximum absolute atomic E-state index is 4.51. The van der Waals surface area contributed by atoms with E-state index in [1.165, 1.54) is 41.6 Å². The Bertz CT molecular complexity index is 632. The van der Waals surface area contributed by atoms with E-state index in [9.17, 15) is 0 Å². The van der Waals surface area contributed by atoms with Gasteiger partial charge in [-0.1, -0.05) is 13.8 Å². The van der Waals surface area contributed by atoms with Crippen LogP contribution in [0.1, 0.15) is 44.7 Å². The van der Waals surface area contributed by atoms with Crippen LogP contribution in [0.2, 0.25) is 0 Å². The molecule has 126 valence electrons. The third-order valence-electron chi connectivity index (χ3n) is 4.76. The lowest BCUT2D eigenvalue weighted by Crippen LogP contribution is -2.25. The SMILES string of the molecule is CCN(CC)CCCC(C)Nc1ccnc2cc(C)c(C)cc12. The first-order valence-electron chi connectivity index (χ1n) is 8.90. The molecule has 1 heterocycles. The predicted molar refractivity (Wildman–Crippen MR) is 101 cm³/mol. The number of rotatable bonds is 8. The summed E-state index contributed by atoms with van der Waals surface area (Å²) >= 11 is 0. The third-order valence-corrected chi connectivity index (χ3v) is 4.76. The molecule has 2 rings (SSSR count). The molecule has 1 atom stereocenters. The maximum atomic E-state index is 4.51. The molecule has 0 amide bonds. The van der Waals surface area contributed by atoms with Crippen molar-refractivity contribution in [2.45, 2.75) is 53.5 Å². The maximum Gasteiger partial charge on any atom is 0.0725 e. The molecule has 1 unspecified atom stereocenters. The van der Waals surface area contributed by atoms with E-state index in [-0.39, 0.29) is 0 Å². The number of benzene rings is 1. The zero-order valence-electron chi connectivity index (χ0n) is 15.3. The van der Waals surface area contributed by atoms with Crippen LogP contribution in [0.5, 0.6) is 0 Å². The van der Waals surface area contributed by atoms with Gasteiger partial charge in [0.2, 0.25) is 0 Å². The summed E-state index contributed by atoms with van der Waals surface area (Å²) in [6, 6.07) is 7.00. The molecule has 0 aliphatic carbocycles. The minimum absolute atomic E-state index is 0.470. The van der Waals surface area contributed by atoms with E-state index in [1.807, 2.05) is 6.20 Å². The predicted octanol–water partition coefficient (Wildman–Crippen LogP) is 4.77. The lowest BCUT2D eigenvalue weighted by Gasteiger charge is -2.21. The molecule has 1 aromatic carbocycles. The van der Waals surface area contributed by atoms with Crippen LogP contribution in [0.3, 0.4) is 0 Å². The molecule has 0 saturated carbocycles. The highest BCUT2D eigenvalue weighted by Crippen LogP contribution is 2.25. The van der Waals surface area contributed by atoms with Crippen LogP contribution in [0, 0.1) is 13.8 Å². The molecule has 3 nitrogen and oxygen atoms in total. The van der Waals surface area contributed by atoms with Crippen LogP contribution in [0.4, 0.5) is 5.69 Å². The minimum Gasteiger partial charge on any atom is -0.382 e. The number of nitrogens with zero attached hydrogens (tertiary/aromatic N) is 2. The van der Waals surface area contributed by atoms with Crippen LogP contribution in [0.25, 0.3) is 10.9 Å². The quantitative estimate of drug-likeness (QED) is 0.760. The van der Waals surface area contributed by atoms with Crippen molar-refractivity contribution in [1.29, 1.82) is 0 Å². The Kier molecular flexibility index (Phi) is 6.40. The number of aryl methyl sites for hydroxylation is 2. The van der Waals surface area contributed by atoms with Crippen molar-refractivity contribution in [2.24, 2.45) is 0 Å². The van der Waals surface area contributed by atoms with Gasteiger partial charge in [0, 0.05) is 23.3 Å². The van der Waals surface area contributed by atoms with Gasteiger partial charge in [0.1, 0.15) is 0 Å². The average Bonchev–Trinajstić information content (AvgIpc) is 2.53. The van der Waals surface area contributed by atoms with Gasteiger partial charge in [-0.25, -0.2) is 0 Å². The summed E-state index contributed by atoms with van der Waals surface area (Å²) < 4.78 is 0. The Hall–Kier alpha value is -1.61. The van der Waals surface area contributed by atoms with Gasteiger partial charge in [-0.15, -0.1) is 0 Å². The second kappa shape index (κ2) is 8.30. The molecular formula is C20H31N3. The fraction of sp³-hybridized carbons (Fsp3) is 0.550. The lowest BCUT2D eigenvalue weighted by atomic mass is 10.0. The lowest BCUT2D eigenvalue weighted by molar-refractivity contribution is 0.295. The molecule has 0 radical (unpaired) electrons. The van der Waals surface area contributed by atoms with Gasteiger partial charge < -0.3 is 10.2 Å². The minimum atomic E-state index is 0.470. The molecule has 23 heavy (non-hydrogen) atoms. The Morgan fingerprint density at radius 3 is 2.52 bits per heavy atom. The Morgan fingerprint density at radius 1 is 1.13 bits per heavy atom. The third kappa shape index (κ3) is 4.68. The van der Waals surface area contributed by atoms with Gasteiger partial charge in [-0.2, -0.15) is 0 Å². The number of pyridine rings is 1.